The average molecular weight is 223 g/mol. The molecule has 0 amide bonds. The van der Waals surface area contributed by atoms with Crippen molar-refractivity contribution in [2.75, 3.05) is 7.11 Å². The molecule has 0 fully saturated rings. The molecule has 5 heteroatoms. The van der Waals surface area contributed by atoms with Gasteiger partial charge in [-0.1, -0.05) is 0 Å². The second kappa shape index (κ2) is 3.86. The molecule has 0 aliphatic heterocycles. The van der Waals surface area contributed by atoms with Gasteiger partial charge in [-0.15, -0.1) is 11.3 Å². The van der Waals surface area contributed by atoms with Gasteiger partial charge in [0.1, 0.15) is 5.69 Å². The standard InChI is InChI=1S/C10H9NO3S/c1-6-11-7(5-15-6)8-3-4-9(14-8)10(12)13-2/h3-5H,1-2H3. The number of rotatable bonds is 2. The van der Waals surface area contributed by atoms with E-state index in [0.29, 0.717) is 5.76 Å². The first-order valence-electron chi connectivity index (χ1n) is 4.31. The van der Waals surface area contributed by atoms with Crippen LogP contribution in [0, 0.1) is 6.92 Å². The van der Waals surface area contributed by atoms with E-state index in [4.69, 9.17) is 4.42 Å². The molecule has 15 heavy (non-hydrogen) atoms. The van der Waals surface area contributed by atoms with E-state index in [0.717, 1.165) is 10.7 Å². The zero-order valence-electron chi connectivity index (χ0n) is 8.31. The van der Waals surface area contributed by atoms with Crippen LogP contribution in [0.4, 0.5) is 0 Å². The number of esters is 1. The third-order valence-corrected chi connectivity index (χ3v) is 2.64. The van der Waals surface area contributed by atoms with Gasteiger partial charge in [0.2, 0.25) is 5.76 Å². The molecular weight excluding hydrogens is 214 g/mol. The first-order chi connectivity index (χ1) is 7.20. The highest BCUT2D eigenvalue weighted by atomic mass is 32.1. The van der Waals surface area contributed by atoms with Gasteiger partial charge >= 0.3 is 5.97 Å². The highest BCUT2D eigenvalue weighted by Crippen LogP contribution is 2.23. The van der Waals surface area contributed by atoms with E-state index >= 15 is 0 Å². The first-order valence-corrected chi connectivity index (χ1v) is 5.19. The second-order valence-electron chi connectivity index (χ2n) is 2.91. The van der Waals surface area contributed by atoms with Crippen molar-refractivity contribution in [1.82, 2.24) is 4.98 Å². The number of carbonyl (C=O) groups is 1. The fraction of sp³-hybridized carbons (Fsp3) is 0.200. The molecule has 2 aromatic heterocycles. The Bertz CT molecular complexity index is 486. The summed E-state index contributed by atoms with van der Waals surface area (Å²) in [6.45, 7) is 1.92. The van der Waals surface area contributed by atoms with Crippen LogP contribution in [0.1, 0.15) is 15.6 Å². The second-order valence-corrected chi connectivity index (χ2v) is 3.97. The zero-order valence-corrected chi connectivity index (χ0v) is 9.13. The van der Waals surface area contributed by atoms with Crippen LogP contribution in [0.5, 0.6) is 0 Å². The van der Waals surface area contributed by atoms with E-state index < -0.39 is 5.97 Å². The van der Waals surface area contributed by atoms with Crippen LogP contribution >= 0.6 is 11.3 Å². The number of thiazole rings is 1. The Labute approximate surface area is 90.5 Å². The van der Waals surface area contributed by atoms with Crippen LogP contribution in [-0.2, 0) is 4.74 Å². The Morgan fingerprint density at radius 1 is 1.53 bits per heavy atom. The molecule has 0 atom stereocenters. The van der Waals surface area contributed by atoms with E-state index in [1.807, 2.05) is 12.3 Å². The molecule has 4 nitrogen and oxygen atoms in total. The van der Waals surface area contributed by atoms with Gasteiger partial charge in [0.05, 0.1) is 12.1 Å². The van der Waals surface area contributed by atoms with E-state index in [9.17, 15) is 4.79 Å². The largest absolute Gasteiger partial charge is 0.463 e. The lowest BCUT2D eigenvalue weighted by molar-refractivity contribution is 0.0566. The van der Waals surface area contributed by atoms with Crippen LogP contribution in [0.15, 0.2) is 21.9 Å². The van der Waals surface area contributed by atoms with E-state index in [-0.39, 0.29) is 5.76 Å². The number of furan rings is 1. The molecular formula is C10H9NO3S. The number of aromatic nitrogens is 1. The summed E-state index contributed by atoms with van der Waals surface area (Å²) >= 11 is 1.54. The number of methoxy groups -OCH3 is 1. The molecule has 0 aromatic carbocycles. The summed E-state index contributed by atoms with van der Waals surface area (Å²) in [7, 11) is 1.32. The highest BCUT2D eigenvalue weighted by Gasteiger charge is 2.13. The molecule has 0 saturated heterocycles. The third-order valence-electron chi connectivity index (χ3n) is 1.86. The fourth-order valence-electron chi connectivity index (χ4n) is 1.16. The molecule has 0 aliphatic rings. The minimum absolute atomic E-state index is 0.193. The fourth-order valence-corrected chi connectivity index (χ4v) is 1.76. The summed E-state index contributed by atoms with van der Waals surface area (Å²) in [4.78, 5) is 15.4. The first kappa shape index (κ1) is 9.92. The van der Waals surface area contributed by atoms with Crippen LogP contribution in [0.3, 0.4) is 0 Å². The van der Waals surface area contributed by atoms with Crippen molar-refractivity contribution in [2.24, 2.45) is 0 Å². The number of nitrogens with zero attached hydrogens (tertiary/aromatic N) is 1. The van der Waals surface area contributed by atoms with Crippen LogP contribution in [0.25, 0.3) is 11.5 Å². The van der Waals surface area contributed by atoms with Crippen molar-refractivity contribution in [1.29, 1.82) is 0 Å². The van der Waals surface area contributed by atoms with Crippen LogP contribution < -0.4 is 0 Å². The molecule has 0 saturated carbocycles. The van der Waals surface area contributed by atoms with Crippen molar-refractivity contribution >= 4 is 17.3 Å². The van der Waals surface area contributed by atoms with Gasteiger partial charge in [-0.3, -0.25) is 0 Å². The maximum Gasteiger partial charge on any atom is 0.373 e. The highest BCUT2D eigenvalue weighted by molar-refractivity contribution is 7.09. The maximum absolute atomic E-state index is 11.1. The van der Waals surface area contributed by atoms with Crippen LogP contribution in [0.2, 0.25) is 0 Å². The Morgan fingerprint density at radius 2 is 2.33 bits per heavy atom. The molecule has 0 unspecified atom stereocenters. The third kappa shape index (κ3) is 1.92. The van der Waals surface area contributed by atoms with Crippen molar-refractivity contribution in [2.45, 2.75) is 6.92 Å². The number of carbonyl (C=O) groups excluding carboxylic acids is 1. The van der Waals surface area contributed by atoms with Crippen molar-refractivity contribution < 1.29 is 13.9 Å². The summed E-state index contributed by atoms with van der Waals surface area (Å²) in [5, 5.41) is 2.84. The van der Waals surface area contributed by atoms with Gasteiger partial charge in [0, 0.05) is 5.38 Å². The molecule has 0 aliphatic carbocycles. The Balaban J connectivity index is 2.31. The van der Waals surface area contributed by atoms with E-state index in [1.54, 1.807) is 12.1 Å². The number of hydrogen-bond acceptors (Lipinski definition) is 5. The molecule has 2 heterocycles. The van der Waals surface area contributed by atoms with E-state index in [1.165, 1.54) is 18.4 Å². The summed E-state index contributed by atoms with van der Waals surface area (Å²) in [5.41, 5.74) is 0.743. The zero-order chi connectivity index (χ0) is 10.8. The lowest BCUT2D eigenvalue weighted by atomic mass is 10.3. The SMILES string of the molecule is COC(=O)c1ccc(-c2csc(C)n2)o1. The summed E-state index contributed by atoms with van der Waals surface area (Å²) in [6.07, 6.45) is 0. The average Bonchev–Trinajstić information content (AvgIpc) is 2.84. The Kier molecular flexibility index (Phi) is 2.55. The van der Waals surface area contributed by atoms with Crippen molar-refractivity contribution in [3.05, 3.63) is 28.3 Å². The monoisotopic (exact) mass is 223 g/mol. The molecule has 2 aromatic rings. The predicted molar refractivity (Wildman–Crippen MR) is 55.9 cm³/mol. The Hall–Kier alpha value is -1.62. The maximum atomic E-state index is 11.1. The normalized spacial score (nSPS) is 10.3. The molecule has 2 rings (SSSR count). The van der Waals surface area contributed by atoms with Gasteiger partial charge < -0.3 is 9.15 Å². The van der Waals surface area contributed by atoms with Gasteiger partial charge in [-0.25, -0.2) is 9.78 Å². The van der Waals surface area contributed by atoms with Gasteiger partial charge in [0.25, 0.3) is 0 Å². The lowest BCUT2D eigenvalue weighted by Crippen LogP contribution is -1.98. The molecule has 0 N–H and O–H groups in total. The van der Waals surface area contributed by atoms with Gasteiger partial charge in [-0.05, 0) is 19.1 Å². The number of aryl methyl sites for hydroxylation is 1. The van der Waals surface area contributed by atoms with Crippen LogP contribution in [-0.4, -0.2) is 18.1 Å². The summed E-state index contributed by atoms with van der Waals surface area (Å²) < 4.78 is 9.85. The minimum Gasteiger partial charge on any atom is -0.463 e. The summed E-state index contributed by atoms with van der Waals surface area (Å²) in [6, 6.07) is 3.29. The predicted octanol–water partition coefficient (Wildman–Crippen LogP) is 2.50. The van der Waals surface area contributed by atoms with Gasteiger partial charge in [0.15, 0.2) is 5.76 Å². The van der Waals surface area contributed by atoms with Crippen molar-refractivity contribution in [3.63, 3.8) is 0 Å². The quantitative estimate of drug-likeness (QED) is 0.734. The van der Waals surface area contributed by atoms with Gasteiger partial charge in [-0.2, -0.15) is 0 Å². The molecule has 0 radical (unpaired) electrons. The van der Waals surface area contributed by atoms with E-state index in [2.05, 4.69) is 9.72 Å². The Morgan fingerprint density at radius 3 is 2.93 bits per heavy atom. The minimum atomic E-state index is -0.479. The molecule has 0 bridgehead atoms. The van der Waals surface area contributed by atoms with Crippen molar-refractivity contribution in [3.8, 4) is 11.5 Å². The topological polar surface area (TPSA) is 52.3 Å². The number of hydrogen-bond donors (Lipinski definition) is 0. The lowest BCUT2D eigenvalue weighted by Gasteiger charge is -1.92. The number of ether oxygens (including phenoxy) is 1. The molecule has 78 valence electrons. The molecule has 0 spiro atoms. The smallest absolute Gasteiger partial charge is 0.373 e. The summed E-state index contributed by atoms with van der Waals surface area (Å²) in [5.74, 6) is 0.297.